The van der Waals surface area contributed by atoms with E-state index in [2.05, 4.69) is 24.1 Å². The summed E-state index contributed by atoms with van der Waals surface area (Å²) in [5.41, 5.74) is -0.0400. The molecule has 1 unspecified atom stereocenters. The summed E-state index contributed by atoms with van der Waals surface area (Å²) < 4.78 is 10.7. The highest BCUT2D eigenvalue weighted by molar-refractivity contribution is 5.76. The molecule has 0 aromatic carbocycles. The summed E-state index contributed by atoms with van der Waals surface area (Å²) in [6.45, 7) is 13.5. The second-order valence-corrected chi connectivity index (χ2v) is 5.94. The lowest BCUT2D eigenvalue weighted by Gasteiger charge is -2.43. The molecule has 112 valence electrons. The molecule has 5 heteroatoms. The van der Waals surface area contributed by atoms with Crippen molar-refractivity contribution in [2.45, 2.75) is 52.2 Å². The molecular formula is C14H28N2O3. The molecule has 0 bridgehead atoms. The first-order valence-electron chi connectivity index (χ1n) is 7.12. The van der Waals surface area contributed by atoms with Gasteiger partial charge in [0.05, 0.1) is 19.8 Å². The van der Waals surface area contributed by atoms with Crippen LogP contribution in [0.25, 0.3) is 0 Å². The van der Waals surface area contributed by atoms with E-state index in [1.165, 1.54) is 0 Å². The first-order valence-corrected chi connectivity index (χ1v) is 7.12. The van der Waals surface area contributed by atoms with Crippen LogP contribution in [0.2, 0.25) is 0 Å². The number of esters is 1. The predicted octanol–water partition coefficient (Wildman–Crippen LogP) is 1.03. The van der Waals surface area contributed by atoms with Crippen LogP contribution in [0.5, 0.6) is 0 Å². The minimum atomic E-state index is -0.280. The van der Waals surface area contributed by atoms with Gasteiger partial charge in [-0.1, -0.05) is 13.8 Å². The summed E-state index contributed by atoms with van der Waals surface area (Å²) in [5, 5.41) is 3.29. The van der Waals surface area contributed by atoms with Gasteiger partial charge in [0, 0.05) is 24.7 Å². The lowest BCUT2D eigenvalue weighted by Crippen LogP contribution is -2.59. The van der Waals surface area contributed by atoms with E-state index in [0.29, 0.717) is 19.8 Å². The smallest absolute Gasteiger partial charge is 0.324 e. The molecule has 19 heavy (non-hydrogen) atoms. The molecule has 5 nitrogen and oxygen atoms in total. The second kappa shape index (κ2) is 7.22. The monoisotopic (exact) mass is 272 g/mol. The van der Waals surface area contributed by atoms with E-state index in [0.717, 1.165) is 13.2 Å². The lowest BCUT2D eigenvalue weighted by atomic mass is 10.0. The Labute approximate surface area is 116 Å². The minimum absolute atomic E-state index is 0.0400. The maximum absolute atomic E-state index is 12.0. The number of carbonyl (C=O) groups excluding carboxylic acids is 1. The van der Waals surface area contributed by atoms with Crippen molar-refractivity contribution in [2.24, 2.45) is 0 Å². The Morgan fingerprint density at radius 1 is 1.47 bits per heavy atom. The van der Waals surface area contributed by atoms with Crippen molar-refractivity contribution < 1.29 is 14.3 Å². The van der Waals surface area contributed by atoms with Gasteiger partial charge in [0.25, 0.3) is 0 Å². The topological polar surface area (TPSA) is 50.8 Å². The highest BCUT2D eigenvalue weighted by Gasteiger charge is 2.34. The molecule has 0 radical (unpaired) electrons. The van der Waals surface area contributed by atoms with E-state index in [-0.39, 0.29) is 23.6 Å². The first-order chi connectivity index (χ1) is 8.86. The lowest BCUT2D eigenvalue weighted by molar-refractivity contribution is -0.147. The van der Waals surface area contributed by atoms with Crippen molar-refractivity contribution in [1.82, 2.24) is 10.2 Å². The Hall–Kier alpha value is -0.650. The average molecular weight is 272 g/mol. The van der Waals surface area contributed by atoms with Crippen LogP contribution in [0, 0.1) is 0 Å². The normalized spacial score (nSPS) is 21.4. The maximum atomic E-state index is 12.0. The van der Waals surface area contributed by atoms with E-state index in [9.17, 15) is 4.79 Å². The molecule has 0 aromatic heterocycles. The highest BCUT2D eigenvalue weighted by Crippen LogP contribution is 2.19. The van der Waals surface area contributed by atoms with Crippen molar-refractivity contribution in [3.63, 3.8) is 0 Å². The van der Waals surface area contributed by atoms with E-state index in [4.69, 9.17) is 9.47 Å². The summed E-state index contributed by atoms with van der Waals surface area (Å²) in [7, 11) is 0. The van der Waals surface area contributed by atoms with Crippen LogP contribution in [0.4, 0.5) is 0 Å². The minimum Gasteiger partial charge on any atom is -0.465 e. The molecule has 0 saturated carbocycles. The van der Waals surface area contributed by atoms with Gasteiger partial charge in [-0.2, -0.15) is 0 Å². The van der Waals surface area contributed by atoms with Crippen molar-refractivity contribution in [1.29, 1.82) is 0 Å². The van der Waals surface area contributed by atoms with Crippen molar-refractivity contribution in [2.75, 3.05) is 32.9 Å². The molecule has 1 heterocycles. The third-order valence-electron chi connectivity index (χ3n) is 3.33. The van der Waals surface area contributed by atoms with E-state index in [1.807, 2.05) is 20.8 Å². The number of rotatable bonds is 6. The molecule has 1 aliphatic rings. The van der Waals surface area contributed by atoms with Gasteiger partial charge in [-0.3, -0.25) is 9.69 Å². The van der Waals surface area contributed by atoms with Gasteiger partial charge in [0.2, 0.25) is 0 Å². The van der Waals surface area contributed by atoms with Crippen LogP contribution in [-0.2, 0) is 14.3 Å². The van der Waals surface area contributed by atoms with Crippen molar-refractivity contribution >= 4 is 5.97 Å². The number of hydrogen-bond acceptors (Lipinski definition) is 5. The number of nitrogens with one attached hydrogen (secondary N) is 1. The highest BCUT2D eigenvalue weighted by atomic mass is 16.5. The molecule has 0 aromatic rings. The van der Waals surface area contributed by atoms with E-state index < -0.39 is 0 Å². The van der Waals surface area contributed by atoms with E-state index >= 15 is 0 Å². The predicted molar refractivity (Wildman–Crippen MR) is 75.2 cm³/mol. The zero-order chi connectivity index (χ0) is 14.5. The molecule has 1 aliphatic heterocycles. The molecule has 0 aliphatic carbocycles. The molecule has 0 spiro atoms. The largest absolute Gasteiger partial charge is 0.465 e. The quantitative estimate of drug-likeness (QED) is 0.732. The van der Waals surface area contributed by atoms with Crippen LogP contribution in [0.1, 0.15) is 34.6 Å². The van der Waals surface area contributed by atoms with E-state index in [1.54, 1.807) is 0 Å². The Bertz CT molecular complexity index is 292. The Balaban J connectivity index is 2.67. The molecule has 1 N–H and O–H groups in total. The molecule has 1 fully saturated rings. The van der Waals surface area contributed by atoms with Gasteiger partial charge in [-0.05, 0) is 20.8 Å². The summed E-state index contributed by atoms with van der Waals surface area (Å²) in [5.74, 6) is -0.168. The number of morpholine rings is 1. The molecule has 0 amide bonds. The summed E-state index contributed by atoms with van der Waals surface area (Å²) >= 11 is 0. The molecule has 1 rings (SSSR count). The zero-order valence-corrected chi connectivity index (χ0v) is 12.9. The van der Waals surface area contributed by atoms with Crippen LogP contribution in [0.3, 0.4) is 0 Å². The van der Waals surface area contributed by atoms with Gasteiger partial charge < -0.3 is 14.8 Å². The van der Waals surface area contributed by atoms with Gasteiger partial charge in [-0.15, -0.1) is 0 Å². The van der Waals surface area contributed by atoms with Gasteiger partial charge in [0.15, 0.2) is 0 Å². The Kier molecular flexibility index (Phi) is 6.23. The number of hydrogen-bond donors (Lipinski definition) is 1. The fourth-order valence-corrected chi connectivity index (χ4v) is 2.29. The summed E-state index contributed by atoms with van der Waals surface area (Å²) in [4.78, 5) is 14.3. The van der Waals surface area contributed by atoms with Gasteiger partial charge >= 0.3 is 5.97 Å². The molecule has 1 saturated heterocycles. The number of nitrogens with zero attached hydrogens (tertiary/aromatic N) is 1. The SMILES string of the molecule is CCOC(=O)C(CN1CCOCC1(C)C)NC(C)C. The number of ether oxygens (including phenoxy) is 2. The van der Waals surface area contributed by atoms with Gasteiger partial charge in [-0.25, -0.2) is 0 Å². The van der Waals surface area contributed by atoms with Crippen LogP contribution >= 0.6 is 0 Å². The van der Waals surface area contributed by atoms with Gasteiger partial charge in [0.1, 0.15) is 6.04 Å². The third kappa shape index (κ3) is 5.09. The third-order valence-corrected chi connectivity index (χ3v) is 3.33. The van der Waals surface area contributed by atoms with Crippen LogP contribution in [0.15, 0.2) is 0 Å². The number of carbonyl (C=O) groups is 1. The van der Waals surface area contributed by atoms with Crippen LogP contribution in [-0.4, -0.2) is 61.4 Å². The molecule has 1 atom stereocenters. The average Bonchev–Trinajstić information content (AvgIpc) is 2.30. The fourth-order valence-electron chi connectivity index (χ4n) is 2.29. The fraction of sp³-hybridized carbons (Fsp3) is 0.929. The standard InChI is InChI=1S/C14H28N2O3/c1-6-19-13(17)12(15-11(2)3)9-16-7-8-18-10-14(16,4)5/h11-12,15H,6-10H2,1-5H3. The zero-order valence-electron chi connectivity index (χ0n) is 12.9. The van der Waals surface area contributed by atoms with Crippen molar-refractivity contribution in [3.8, 4) is 0 Å². The summed E-state index contributed by atoms with van der Waals surface area (Å²) in [6, 6.07) is -0.0316. The summed E-state index contributed by atoms with van der Waals surface area (Å²) in [6.07, 6.45) is 0. The Morgan fingerprint density at radius 2 is 2.16 bits per heavy atom. The first kappa shape index (κ1) is 16.4. The Morgan fingerprint density at radius 3 is 2.68 bits per heavy atom. The maximum Gasteiger partial charge on any atom is 0.324 e. The van der Waals surface area contributed by atoms with Crippen molar-refractivity contribution in [3.05, 3.63) is 0 Å². The van der Waals surface area contributed by atoms with Crippen LogP contribution < -0.4 is 5.32 Å². The second-order valence-electron chi connectivity index (χ2n) is 5.94. The molecular weight excluding hydrogens is 244 g/mol.